The van der Waals surface area contributed by atoms with Gasteiger partial charge in [0.05, 0.1) is 11.3 Å². The van der Waals surface area contributed by atoms with E-state index in [9.17, 15) is 9.59 Å². The number of para-hydroxylation sites is 1. The molecule has 2 amide bonds. The molecule has 0 radical (unpaired) electrons. The SMILES string of the molecule is CN(C(=S)NC(=O)C1CC1)c1ccccc1C(=O)NCc1ccccc1. The molecule has 0 aliphatic heterocycles. The van der Waals surface area contributed by atoms with E-state index in [2.05, 4.69) is 10.6 Å². The van der Waals surface area contributed by atoms with Crippen LogP contribution in [0.3, 0.4) is 0 Å². The highest BCUT2D eigenvalue weighted by Gasteiger charge is 2.30. The average molecular weight is 367 g/mol. The van der Waals surface area contributed by atoms with E-state index in [0.717, 1.165) is 18.4 Å². The van der Waals surface area contributed by atoms with Crippen molar-refractivity contribution in [1.82, 2.24) is 10.6 Å². The van der Waals surface area contributed by atoms with Gasteiger partial charge >= 0.3 is 0 Å². The number of benzene rings is 2. The van der Waals surface area contributed by atoms with Crippen molar-refractivity contribution in [3.05, 3.63) is 65.7 Å². The monoisotopic (exact) mass is 367 g/mol. The van der Waals surface area contributed by atoms with E-state index in [1.807, 2.05) is 42.5 Å². The molecule has 0 aromatic heterocycles. The van der Waals surface area contributed by atoms with E-state index in [4.69, 9.17) is 12.2 Å². The van der Waals surface area contributed by atoms with Crippen molar-refractivity contribution < 1.29 is 9.59 Å². The predicted octanol–water partition coefficient (Wildman–Crippen LogP) is 2.86. The third kappa shape index (κ3) is 4.46. The van der Waals surface area contributed by atoms with Crippen molar-refractivity contribution in [3.8, 4) is 0 Å². The maximum absolute atomic E-state index is 12.6. The van der Waals surface area contributed by atoms with Gasteiger partial charge in [-0.25, -0.2) is 0 Å². The van der Waals surface area contributed by atoms with E-state index in [0.29, 0.717) is 22.9 Å². The fraction of sp³-hybridized carbons (Fsp3) is 0.250. The number of hydrogen-bond acceptors (Lipinski definition) is 3. The van der Waals surface area contributed by atoms with Crippen molar-refractivity contribution in [2.24, 2.45) is 5.92 Å². The van der Waals surface area contributed by atoms with Gasteiger partial charge in [-0.05, 0) is 42.8 Å². The fourth-order valence-corrected chi connectivity index (χ4v) is 2.78. The lowest BCUT2D eigenvalue weighted by Gasteiger charge is -2.23. The summed E-state index contributed by atoms with van der Waals surface area (Å²) in [5, 5.41) is 5.97. The minimum atomic E-state index is -0.187. The number of carbonyl (C=O) groups excluding carboxylic acids is 2. The Bertz CT molecular complexity index is 819. The Labute approximate surface area is 158 Å². The first-order valence-electron chi connectivity index (χ1n) is 8.56. The van der Waals surface area contributed by atoms with Crippen molar-refractivity contribution in [2.75, 3.05) is 11.9 Å². The lowest BCUT2D eigenvalue weighted by atomic mass is 10.1. The van der Waals surface area contributed by atoms with Crippen LogP contribution in [0, 0.1) is 5.92 Å². The van der Waals surface area contributed by atoms with Crippen molar-refractivity contribution >= 4 is 34.8 Å². The molecule has 3 rings (SSSR count). The summed E-state index contributed by atoms with van der Waals surface area (Å²) >= 11 is 5.33. The van der Waals surface area contributed by atoms with Gasteiger partial charge in [0.2, 0.25) is 5.91 Å². The zero-order valence-corrected chi connectivity index (χ0v) is 15.4. The first-order chi connectivity index (χ1) is 12.6. The first-order valence-corrected chi connectivity index (χ1v) is 8.97. The topological polar surface area (TPSA) is 61.4 Å². The summed E-state index contributed by atoms with van der Waals surface area (Å²) in [7, 11) is 1.75. The van der Waals surface area contributed by atoms with Gasteiger partial charge in [0.25, 0.3) is 5.91 Å². The number of anilines is 1. The molecule has 2 N–H and O–H groups in total. The third-order valence-electron chi connectivity index (χ3n) is 4.29. The Hall–Kier alpha value is -2.73. The standard InChI is InChI=1S/C20H21N3O2S/c1-23(20(26)22-18(24)15-11-12-15)17-10-6-5-9-16(17)19(25)21-13-14-7-3-2-4-8-14/h2-10,15H,11-13H2,1H3,(H,21,25)(H,22,24,26). The Morgan fingerprint density at radius 3 is 2.42 bits per heavy atom. The van der Waals surface area contributed by atoms with Gasteiger partial charge in [0, 0.05) is 19.5 Å². The molecule has 0 saturated heterocycles. The van der Waals surface area contributed by atoms with Crippen LogP contribution in [0.25, 0.3) is 0 Å². The first kappa shape index (κ1) is 18.1. The maximum Gasteiger partial charge on any atom is 0.253 e. The lowest BCUT2D eigenvalue weighted by molar-refractivity contribution is -0.120. The quantitative estimate of drug-likeness (QED) is 0.798. The lowest BCUT2D eigenvalue weighted by Crippen LogP contribution is -2.42. The number of hydrogen-bond donors (Lipinski definition) is 2. The van der Waals surface area contributed by atoms with Crippen LogP contribution >= 0.6 is 12.2 Å². The van der Waals surface area contributed by atoms with E-state index < -0.39 is 0 Å². The van der Waals surface area contributed by atoms with Gasteiger partial charge in [0.15, 0.2) is 5.11 Å². The van der Waals surface area contributed by atoms with Crippen molar-refractivity contribution in [2.45, 2.75) is 19.4 Å². The van der Waals surface area contributed by atoms with Crippen LogP contribution in [0.1, 0.15) is 28.8 Å². The number of nitrogens with one attached hydrogen (secondary N) is 2. The van der Waals surface area contributed by atoms with Gasteiger partial charge in [-0.1, -0.05) is 42.5 Å². The Morgan fingerprint density at radius 2 is 1.73 bits per heavy atom. The number of rotatable bonds is 5. The summed E-state index contributed by atoms with van der Waals surface area (Å²) in [6.07, 6.45) is 1.83. The molecule has 0 bridgehead atoms. The highest BCUT2D eigenvalue weighted by molar-refractivity contribution is 7.80. The Kier molecular flexibility index (Phi) is 5.63. The van der Waals surface area contributed by atoms with Gasteiger partial charge in [-0.15, -0.1) is 0 Å². The van der Waals surface area contributed by atoms with Crippen molar-refractivity contribution in [1.29, 1.82) is 0 Å². The summed E-state index contributed by atoms with van der Waals surface area (Å²) in [5.74, 6) is -0.161. The number of thiocarbonyl (C=S) groups is 1. The molecule has 0 heterocycles. The molecular weight excluding hydrogens is 346 g/mol. The summed E-state index contributed by atoms with van der Waals surface area (Å²) in [6.45, 7) is 0.445. The van der Waals surface area contributed by atoms with Crippen LogP contribution < -0.4 is 15.5 Å². The van der Waals surface area contributed by atoms with Crippen LogP contribution in [0.2, 0.25) is 0 Å². The molecule has 2 aromatic carbocycles. The number of carbonyl (C=O) groups is 2. The zero-order valence-electron chi connectivity index (χ0n) is 14.6. The zero-order chi connectivity index (χ0) is 18.5. The van der Waals surface area contributed by atoms with E-state index >= 15 is 0 Å². The minimum absolute atomic E-state index is 0.0483. The highest BCUT2D eigenvalue weighted by Crippen LogP contribution is 2.29. The molecule has 134 valence electrons. The molecule has 26 heavy (non-hydrogen) atoms. The second-order valence-corrected chi connectivity index (χ2v) is 6.70. The van der Waals surface area contributed by atoms with Gasteiger partial charge in [-0.2, -0.15) is 0 Å². The van der Waals surface area contributed by atoms with Crippen LogP contribution in [-0.2, 0) is 11.3 Å². The summed E-state index contributed by atoms with van der Waals surface area (Å²) in [4.78, 5) is 26.2. The molecule has 1 fully saturated rings. The van der Waals surface area contributed by atoms with Crippen LogP contribution in [0.5, 0.6) is 0 Å². The van der Waals surface area contributed by atoms with Crippen LogP contribution in [-0.4, -0.2) is 24.0 Å². The van der Waals surface area contributed by atoms with Crippen LogP contribution in [0.15, 0.2) is 54.6 Å². The van der Waals surface area contributed by atoms with E-state index in [1.165, 1.54) is 0 Å². The molecule has 0 atom stereocenters. The third-order valence-corrected chi connectivity index (χ3v) is 4.66. The smallest absolute Gasteiger partial charge is 0.253 e. The predicted molar refractivity (Wildman–Crippen MR) is 106 cm³/mol. The molecule has 1 aliphatic carbocycles. The molecule has 1 saturated carbocycles. The second-order valence-electron chi connectivity index (χ2n) is 6.31. The molecule has 5 nitrogen and oxygen atoms in total. The van der Waals surface area contributed by atoms with E-state index in [1.54, 1.807) is 24.1 Å². The normalized spacial score (nSPS) is 13.0. The molecule has 0 unspecified atom stereocenters. The molecular formula is C20H21N3O2S. The summed E-state index contributed by atoms with van der Waals surface area (Å²) in [6, 6.07) is 16.9. The molecule has 0 spiro atoms. The van der Waals surface area contributed by atoms with Gasteiger partial charge in [0.1, 0.15) is 0 Å². The molecule has 1 aliphatic rings. The van der Waals surface area contributed by atoms with Crippen molar-refractivity contribution in [3.63, 3.8) is 0 Å². The fourth-order valence-electron chi connectivity index (χ4n) is 2.58. The molecule has 2 aromatic rings. The summed E-state index contributed by atoms with van der Waals surface area (Å²) < 4.78 is 0. The number of amides is 2. The van der Waals surface area contributed by atoms with Crippen LogP contribution in [0.4, 0.5) is 5.69 Å². The highest BCUT2D eigenvalue weighted by atomic mass is 32.1. The van der Waals surface area contributed by atoms with E-state index in [-0.39, 0.29) is 17.7 Å². The minimum Gasteiger partial charge on any atom is -0.348 e. The maximum atomic E-state index is 12.6. The van der Waals surface area contributed by atoms with Gasteiger partial charge < -0.3 is 15.5 Å². The summed E-state index contributed by atoms with van der Waals surface area (Å²) in [5.41, 5.74) is 2.19. The Morgan fingerprint density at radius 1 is 1.08 bits per heavy atom. The Balaban J connectivity index is 1.69. The van der Waals surface area contributed by atoms with Gasteiger partial charge in [-0.3, -0.25) is 9.59 Å². The average Bonchev–Trinajstić information content (AvgIpc) is 3.51. The largest absolute Gasteiger partial charge is 0.348 e. The second kappa shape index (κ2) is 8.10. The number of nitrogens with zero attached hydrogens (tertiary/aromatic N) is 1. The molecule has 6 heteroatoms.